The molecule has 2 aliphatic rings. The fraction of sp³-hybridized carbons (Fsp3) is 0.0164. The summed E-state index contributed by atoms with van der Waals surface area (Å²) in [5.74, 6) is 0. The number of fused-ring (bicyclic) bond motifs is 10. The third-order valence-corrected chi connectivity index (χ3v) is 13.1. The molecule has 0 unspecified atom stereocenters. The summed E-state index contributed by atoms with van der Waals surface area (Å²) in [6.45, 7) is 0. The highest BCUT2D eigenvalue weighted by molar-refractivity contribution is 5.98. The summed E-state index contributed by atoms with van der Waals surface area (Å²) in [6.07, 6.45) is 0. The van der Waals surface area contributed by atoms with Crippen LogP contribution in [0.5, 0.6) is 0 Å². The average Bonchev–Trinajstić information content (AvgIpc) is 3.81. The zero-order valence-corrected chi connectivity index (χ0v) is 33.6. The molecule has 0 amide bonds. The summed E-state index contributed by atoms with van der Waals surface area (Å²) in [6, 6.07) is 89.8. The van der Waals surface area contributed by atoms with Gasteiger partial charge in [-0.1, -0.05) is 194 Å². The van der Waals surface area contributed by atoms with Crippen LogP contribution in [0.2, 0.25) is 0 Å². The molecule has 0 atom stereocenters. The highest BCUT2D eigenvalue weighted by Gasteiger charge is 2.51. The zero-order chi connectivity index (χ0) is 40.3. The van der Waals surface area contributed by atoms with E-state index in [1.807, 2.05) is 0 Å². The van der Waals surface area contributed by atoms with Crippen LogP contribution in [0.3, 0.4) is 0 Å². The second kappa shape index (κ2) is 14.2. The van der Waals surface area contributed by atoms with E-state index in [0.29, 0.717) is 0 Å². The Morgan fingerprint density at radius 1 is 0.164 bits per heavy atom. The summed E-state index contributed by atoms with van der Waals surface area (Å²) in [4.78, 5) is 0. The monoisotopic (exact) mass is 772 g/mol. The van der Waals surface area contributed by atoms with E-state index in [9.17, 15) is 0 Å². The lowest BCUT2D eigenvalue weighted by atomic mass is 9.70. The SMILES string of the molecule is c1ccc(-c2cc(-c3ccccc3)cc(-c3ccc4c(c3)-c3ccccc3C43c4ccccc4-c4cc(-c5cc(-c6ccccc6)cc(-c6ccccc6)c5)ccc43)c2)cc1. The minimum atomic E-state index is -0.433. The van der Waals surface area contributed by atoms with Gasteiger partial charge in [-0.3, -0.25) is 0 Å². The molecule has 10 aromatic carbocycles. The van der Waals surface area contributed by atoms with Crippen LogP contribution in [0.25, 0.3) is 89.0 Å². The normalized spacial score (nSPS) is 12.7. The first-order chi connectivity index (χ1) is 30.2. The van der Waals surface area contributed by atoms with E-state index in [0.717, 1.165) is 0 Å². The van der Waals surface area contributed by atoms with Gasteiger partial charge in [-0.05, 0) is 160 Å². The van der Waals surface area contributed by atoms with Crippen LogP contribution < -0.4 is 0 Å². The van der Waals surface area contributed by atoms with Crippen molar-refractivity contribution in [1.29, 1.82) is 0 Å². The minimum absolute atomic E-state index is 0.433. The van der Waals surface area contributed by atoms with Gasteiger partial charge in [-0.2, -0.15) is 0 Å². The summed E-state index contributed by atoms with van der Waals surface area (Å²) in [5, 5.41) is 0. The molecule has 284 valence electrons. The standard InChI is InChI=1S/C61H40/c1-5-17-41(18-6-1)47-33-48(42-19-7-2-8-20-42)36-51(35-47)45-29-31-59-55(39-45)53-25-13-15-27-57(53)61(59)58-28-16-14-26-54(58)56-40-46(30-32-60(56)61)52-37-49(43-21-9-3-10-22-43)34-50(38-52)44-23-11-4-12-24-44/h1-40H. The molecule has 12 rings (SSSR count). The highest BCUT2D eigenvalue weighted by atomic mass is 14.5. The van der Waals surface area contributed by atoms with Gasteiger partial charge in [0.25, 0.3) is 0 Å². The van der Waals surface area contributed by atoms with Crippen molar-refractivity contribution in [2.24, 2.45) is 0 Å². The van der Waals surface area contributed by atoms with Gasteiger partial charge in [0.2, 0.25) is 0 Å². The fourth-order valence-corrected chi connectivity index (χ4v) is 10.3. The molecular formula is C61H40. The molecule has 0 bridgehead atoms. The van der Waals surface area contributed by atoms with Crippen molar-refractivity contribution in [3.63, 3.8) is 0 Å². The van der Waals surface area contributed by atoms with E-state index in [-0.39, 0.29) is 0 Å². The zero-order valence-electron chi connectivity index (χ0n) is 33.6. The van der Waals surface area contributed by atoms with Crippen molar-refractivity contribution in [3.05, 3.63) is 265 Å². The Morgan fingerprint density at radius 2 is 0.426 bits per heavy atom. The Morgan fingerprint density at radius 3 is 0.754 bits per heavy atom. The molecule has 0 saturated carbocycles. The largest absolute Gasteiger partial charge is 0.0725 e. The van der Waals surface area contributed by atoms with E-state index in [4.69, 9.17) is 0 Å². The number of rotatable bonds is 6. The quantitative estimate of drug-likeness (QED) is 0.158. The second-order valence-electron chi connectivity index (χ2n) is 16.4. The average molecular weight is 773 g/mol. The van der Waals surface area contributed by atoms with E-state index >= 15 is 0 Å². The molecule has 0 aromatic heterocycles. The Hall–Kier alpha value is -7.80. The number of hydrogen-bond donors (Lipinski definition) is 0. The molecule has 0 saturated heterocycles. The Kier molecular flexibility index (Phi) is 8.18. The third kappa shape index (κ3) is 5.68. The summed E-state index contributed by atoms with van der Waals surface area (Å²) in [7, 11) is 0. The lowest BCUT2D eigenvalue weighted by Crippen LogP contribution is -2.25. The van der Waals surface area contributed by atoms with Crippen molar-refractivity contribution in [1.82, 2.24) is 0 Å². The van der Waals surface area contributed by atoms with Crippen LogP contribution in [0, 0.1) is 0 Å². The van der Waals surface area contributed by atoms with Crippen molar-refractivity contribution in [3.8, 4) is 89.0 Å². The molecular weight excluding hydrogens is 733 g/mol. The summed E-state index contributed by atoms with van der Waals surface area (Å²) < 4.78 is 0. The van der Waals surface area contributed by atoms with Crippen LogP contribution in [-0.2, 0) is 5.41 Å². The minimum Gasteiger partial charge on any atom is -0.0622 e. The van der Waals surface area contributed by atoms with Crippen LogP contribution >= 0.6 is 0 Å². The molecule has 0 N–H and O–H groups in total. The molecule has 0 aliphatic heterocycles. The summed E-state index contributed by atoms with van der Waals surface area (Å²) in [5.41, 5.74) is 24.8. The molecule has 0 heterocycles. The highest BCUT2D eigenvalue weighted by Crippen LogP contribution is 2.63. The van der Waals surface area contributed by atoms with Crippen LogP contribution in [0.1, 0.15) is 22.3 Å². The van der Waals surface area contributed by atoms with Crippen molar-refractivity contribution >= 4 is 0 Å². The second-order valence-corrected chi connectivity index (χ2v) is 16.4. The molecule has 61 heavy (non-hydrogen) atoms. The third-order valence-electron chi connectivity index (χ3n) is 13.1. The lowest BCUT2D eigenvalue weighted by Gasteiger charge is -2.30. The van der Waals surface area contributed by atoms with Gasteiger partial charge in [0.1, 0.15) is 0 Å². The first-order valence-corrected chi connectivity index (χ1v) is 21.2. The lowest BCUT2D eigenvalue weighted by molar-refractivity contribution is 0.794. The number of hydrogen-bond acceptors (Lipinski definition) is 0. The fourth-order valence-electron chi connectivity index (χ4n) is 10.3. The number of benzene rings is 10. The first-order valence-electron chi connectivity index (χ1n) is 21.2. The maximum atomic E-state index is 2.46. The molecule has 1 spiro atoms. The van der Waals surface area contributed by atoms with Gasteiger partial charge >= 0.3 is 0 Å². The van der Waals surface area contributed by atoms with Gasteiger partial charge in [-0.15, -0.1) is 0 Å². The van der Waals surface area contributed by atoms with E-state index < -0.39 is 5.41 Å². The van der Waals surface area contributed by atoms with Crippen molar-refractivity contribution in [2.75, 3.05) is 0 Å². The van der Waals surface area contributed by atoms with Crippen molar-refractivity contribution < 1.29 is 0 Å². The molecule has 0 heteroatoms. The van der Waals surface area contributed by atoms with Crippen LogP contribution in [0.4, 0.5) is 0 Å². The van der Waals surface area contributed by atoms with Crippen LogP contribution in [-0.4, -0.2) is 0 Å². The predicted molar refractivity (Wildman–Crippen MR) is 255 cm³/mol. The van der Waals surface area contributed by atoms with Gasteiger partial charge in [0, 0.05) is 0 Å². The molecule has 0 radical (unpaired) electrons. The summed E-state index contributed by atoms with van der Waals surface area (Å²) >= 11 is 0. The predicted octanol–water partition coefficient (Wildman–Crippen LogP) is 16.0. The van der Waals surface area contributed by atoms with Gasteiger partial charge in [0.15, 0.2) is 0 Å². The maximum Gasteiger partial charge on any atom is 0.0725 e. The van der Waals surface area contributed by atoms with Crippen LogP contribution in [0.15, 0.2) is 243 Å². The molecule has 10 aromatic rings. The van der Waals surface area contributed by atoms with Gasteiger partial charge in [0.05, 0.1) is 5.41 Å². The van der Waals surface area contributed by atoms with Gasteiger partial charge in [-0.25, -0.2) is 0 Å². The molecule has 2 aliphatic carbocycles. The van der Waals surface area contributed by atoms with E-state index in [2.05, 4.69) is 243 Å². The smallest absolute Gasteiger partial charge is 0.0622 e. The molecule has 0 nitrogen and oxygen atoms in total. The first kappa shape index (κ1) is 35.2. The Labute approximate surface area is 357 Å². The van der Waals surface area contributed by atoms with Gasteiger partial charge < -0.3 is 0 Å². The Balaban J connectivity index is 1.04. The van der Waals surface area contributed by atoms with E-state index in [1.54, 1.807) is 0 Å². The topological polar surface area (TPSA) is 0 Å². The van der Waals surface area contributed by atoms with Crippen molar-refractivity contribution in [2.45, 2.75) is 5.41 Å². The maximum absolute atomic E-state index is 2.46. The Bertz CT molecular complexity index is 2930. The molecule has 0 fully saturated rings. The van der Waals surface area contributed by atoms with E-state index in [1.165, 1.54) is 111 Å².